The van der Waals surface area contributed by atoms with Gasteiger partial charge in [-0.15, -0.1) is 0 Å². The van der Waals surface area contributed by atoms with E-state index in [-0.39, 0.29) is 5.56 Å². The van der Waals surface area contributed by atoms with E-state index in [0.717, 1.165) is 22.6 Å². The lowest BCUT2D eigenvalue weighted by molar-refractivity contribution is 0.344. The van der Waals surface area contributed by atoms with Crippen LogP contribution in [0.4, 0.5) is 0 Å². The molecule has 1 heterocycles. The lowest BCUT2D eigenvalue weighted by Gasteiger charge is -2.16. The molecule has 0 aliphatic heterocycles. The van der Waals surface area contributed by atoms with Crippen LogP contribution in [-0.4, -0.2) is 21.9 Å². The highest BCUT2D eigenvalue weighted by Crippen LogP contribution is 2.24. The molecule has 4 rings (SSSR count). The van der Waals surface area contributed by atoms with Crippen molar-refractivity contribution < 1.29 is 4.74 Å². The Hall–Kier alpha value is -3.05. The van der Waals surface area contributed by atoms with Crippen molar-refractivity contribution in [1.29, 1.82) is 0 Å². The van der Waals surface area contributed by atoms with Crippen molar-refractivity contribution in [3.05, 3.63) is 94.3 Å². The van der Waals surface area contributed by atoms with E-state index in [1.165, 1.54) is 11.8 Å². The fraction of sp³-hybridized carbons (Fsp3) is 0.167. The number of benzene rings is 3. The Labute approximate surface area is 174 Å². The molecule has 0 unspecified atom stereocenters. The first kappa shape index (κ1) is 19.3. The molecule has 0 saturated heterocycles. The molecule has 0 aliphatic rings. The minimum atomic E-state index is -0.0456. The minimum absolute atomic E-state index is 0.0456. The van der Waals surface area contributed by atoms with Crippen molar-refractivity contribution in [3.63, 3.8) is 0 Å². The maximum Gasteiger partial charge on any atom is 0.266 e. The summed E-state index contributed by atoms with van der Waals surface area (Å²) < 4.78 is 7.53. The third-order valence-electron chi connectivity index (χ3n) is 4.89. The molecule has 4 aromatic rings. The van der Waals surface area contributed by atoms with Gasteiger partial charge in [0, 0.05) is 5.75 Å². The van der Waals surface area contributed by atoms with E-state index in [1.807, 2.05) is 73.7 Å². The third kappa shape index (κ3) is 4.05. The summed E-state index contributed by atoms with van der Waals surface area (Å²) in [7, 11) is 0. The first-order valence-electron chi connectivity index (χ1n) is 9.54. The van der Waals surface area contributed by atoms with Crippen LogP contribution in [0.15, 0.2) is 82.7 Å². The molecule has 0 aliphatic carbocycles. The molecule has 0 spiro atoms. The molecule has 3 aromatic carbocycles. The molecule has 0 atom stereocenters. The molecular formula is C24H22N2O2S. The highest BCUT2D eigenvalue weighted by Gasteiger charge is 2.15. The molecule has 0 saturated carbocycles. The molecule has 1 aromatic heterocycles. The summed E-state index contributed by atoms with van der Waals surface area (Å²) in [6.07, 6.45) is 0. The number of para-hydroxylation sites is 2. The van der Waals surface area contributed by atoms with Gasteiger partial charge in [0.05, 0.1) is 23.2 Å². The average Bonchev–Trinajstić information content (AvgIpc) is 2.75. The van der Waals surface area contributed by atoms with E-state index in [4.69, 9.17) is 9.72 Å². The summed E-state index contributed by atoms with van der Waals surface area (Å²) in [5.74, 6) is 1.52. The van der Waals surface area contributed by atoms with Crippen LogP contribution in [0.3, 0.4) is 0 Å². The maximum atomic E-state index is 13.3. The molecule has 0 N–H and O–H groups in total. The molecule has 4 nitrogen and oxygen atoms in total. The number of ether oxygens (including phenoxy) is 1. The Morgan fingerprint density at radius 2 is 1.69 bits per heavy atom. The number of nitrogens with zero attached hydrogens (tertiary/aromatic N) is 2. The van der Waals surface area contributed by atoms with Gasteiger partial charge in [0.2, 0.25) is 0 Å². The van der Waals surface area contributed by atoms with Crippen molar-refractivity contribution in [3.8, 4) is 11.4 Å². The number of thioether (sulfide) groups is 1. The van der Waals surface area contributed by atoms with Crippen molar-refractivity contribution in [1.82, 2.24) is 9.55 Å². The van der Waals surface area contributed by atoms with Crippen LogP contribution in [0.2, 0.25) is 0 Å². The largest absolute Gasteiger partial charge is 0.493 e. The highest BCUT2D eigenvalue weighted by atomic mass is 32.2. The number of hydrogen-bond donors (Lipinski definition) is 0. The van der Waals surface area contributed by atoms with Gasteiger partial charge in [-0.2, -0.15) is 0 Å². The van der Waals surface area contributed by atoms with Gasteiger partial charge >= 0.3 is 0 Å². The minimum Gasteiger partial charge on any atom is -0.493 e. The van der Waals surface area contributed by atoms with Crippen molar-refractivity contribution in [2.24, 2.45) is 0 Å². The smallest absolute Gasteiger partial charge is 0.266 e. The fourth-order valence-electron chi connectivity index (χ4n) is 3.21. The van der Waals surface area contributed by atoms with Gasteiger partial charge in [0.1, 0.15) is 5.75 Å². The molecule has 0 amide bonds. The first-order chi connectivity index (χ1) is 14.1. The number of fused-ring (bicyclic) bond motifs is 1. The second kappa shape index (κ2) is 8.53. The van der Waals surface area contributed by atoms with Crippen LogP contribution in [0.25, 0.3) is 16.6 Å². The van der Waals surface area contributed by atoms with E-state index < -0.39 is 0 Å². The van der Waals surface area contributed by atoms with Crippen LogP contribution >= 0.6 is 11.8 Å². The van der Waals surface area contributed by atoms with E-state index in [2.05, 4.69) is 13.0 Å². The topological polar surface area (TPSA) is 44.1 Å². The van der Waals surface area contributed by atoms with Crippen LogP contribution in [0.1, 0.15) is 11.1 Å². The predicted molar refractivity (Wildman–Crippen MR) is 119 cm³/mol. The summed E-state index contributed by atoms with van der Waals surface area (Å²) >= 11 is 1.53. The van der Waals surface area contributed by atoms with Gasteiger partial charge < -0.3 is 4.74 Å². The summed E-state index contributed by atoms with van der Waals surface area (Å²) in [5, 5.41) is 1.30. The summed E-state index contributed by atoms with van der Waals surface area (Å²) in [6.45, 7) is 4.63. The quantitative estimate of drug-likeness (QED) is 0.253. The van der Waals surface area contributed by atoms with Gasteiger partial charge in [0.15, 0.2) is 5.16 Å². The Balaban J connectivity index is 1.70. The zero-order valence-electron chi connectivity index (χ0n) is 16.5. The van der Waals surface area contributed by atoms with Gasteiger partial charge in [-0.3, -0.25) is 9.36 Å². The molecule has 146 valence electrons. The molecular weight excluding hydrogens is 380 g/mol. The molecule has 29 heavy (non-hydrogen) atoms. The lowest BCUT2D eigenvalue weighted by Crippen LogP contribution is -2.23. The SMILES string of the molecule is Cc1cccc(-n2c(SCCOc3ccccc3)nc3ccccc3c2=O)c1C. The molecule has 0 radical (unpaired) electrons. The number of hydrogen-bond acceptors (Lipinski definition) is 4. The normalized spacial score (nSPS) is 11.0. The van der Waals surface area contributed by atoms with E-state index >= 15 is 0 Å². The zero-order chi connectivity index (χ0) is 20.2. The molecule has 0 fully saturated rings. The van der Waals surface area contributed by atoms with E-state index in [9.17, 15) is 4.79 Å². The predicted octanol–water partition coefficient (Wildman–Crippen LogP) is 5.17. The van der Waals surface area contributed by atoms with Gasteiger partial charge in [-0.25, -0.2) is 4.98 Å². The standard InChI is InChI=1S/C24H22N2O2S/c1-17-9-8-14-22(18(17)2)26-23(27)20-12-6-7-13-21(20)25-24(26)29-16-15-28-19-10-4-3-5-11-19/h3-14H,15-16H2,1-2H3. The maximum absolute atomic E-state index is 13.3. The second-order valence-electron chi connectivity index (χ2n) is 6.78. The van der Waals surface area contributed by atoms with Crippen LogP contribution < -0.4 is 10.3 Å². The highest BCUT2D eigenvalue weighted by molar-refractivity contribution is 7.99. The van der Waals surface area contributed by atoms with Gasteiger partial charge in [0.25, 0.3) is 5.56 Å². The Morgan fingerprint density at radius 1 is 0.931 bits per heavy atom. The van der Waals surface area contributed by atoms with Crippen molar-refractivity contribution >= 4 is 22.7 Å². The Bertz CT molecular complexity index is 1200. The lowest BCUT2D eigenvalue weighted by atomic mass is 10.1. The Kier molecular flexibility index (Phi) is 5.67. The van der Waals surface area contributed by atoms with Crippen molar-refractivity contribution in [2.75, 3.05) is 12.4 Å². The molecule has 0 bridgehead atoms. The number of rotatable bonds is 6. The van der Waals surface area contributed by atoms with E-state index in [1.54, 1.807) is 4.57 Å². The van der Waals surface area contributed by atoms with E-state index in [0.29, 0.717) is 28.4 Å². The Morgan fingerprint density at radius 3 is 2.52 bits per heavy atom. The fourth-order valence-corrected chi connectivity index (χ4v) is 4.03. The zero-order valence-corrected chi connectivity index (χ0v) is 17.3. The third-order valence-corrected chi connectivity index (χ3v) is 5.79. The monoisotopic (exact) mass is 402 g/mol. The summed E-state index contributed by atoms with van der Waals surface area (Å²) in [4.78, 5) is 18.1. The first-order valence-corrected chi connectivity index (χ1v) is 10.5. The average molecular weight is 403 g/mol. The second-order valence-corrected chi connectivity index (χ2v) is 7.84. The number of aromatic nitrogens is 2. The van der Waals surface area contributed by atoms with Crippen LogP contribution in [-0.2, 0) is 0 Å². The summed E-state index contributed by atoms with van der Waals surface area (Å²) in [6, 6.07) is 23.2. The van der Waals surface area contributed by atoms with Gasteiger partial charge in [-0.05, 0) is 55.3 Å². The van der Waals surface area contributed by atoms with Crippen LogP contribution in [0, 0.1) is 13.8 Å². The van der Waals surface area contributed by atoms with Crippen molar-refractivity contribution in [2.45, 2.75) is 19.0 Å². The summed E-state index contributed by atoms with van der Waals surface area (Å²) in [5.41, 5.74) is 3.76. The molecule has 5 heteroatoms. The van der Waals surface area contributed by atoms with Crippen LogP contribution in [0.5, 0.6) is 5.75 Å². The van der Waals surface area contributed by atoms with Gasteiger partial charge in [-0.1, -0.05) is 54.2 Å². The number of aryl methyl sites for hydroxylation is 1.